The van der Waals surface area contributed by atoms with Crippen molar-refractivity contribution >= 4 is 39.1 Å². The summed E-state index contributed by atoms with van der Waals surface area (Å²) in [5, 5.41) is 2.80. The molecule has 1 amide bonds. The van der Waals surface area contributed by atoms with Crippen LogP contribution in [-0.4, -0.2) is 16.9 Å². The van der Waals surface area contributed by atoms with E-state index < -0.39 is 6.04 Å². The second-order valence-corrected chi connectivity index (χ2v) is 4.04. The number of anilines is 1. The first-order valence-corrected chi connectivity index (χ1v) is 5.05. The predicted molar refractivity (Wildman–Crippen MR) is 59.2 cm³/mol. The van der Waals surface area contributed by atoms with Crippen molar-refractivity contribution in [3.63, 3.8) is 0 Å². The highest BCUT2D eigenvalue weighted by molar-refractivity contribution is 9.10. The van der Waals surface area contributed by atoms with Crippen molar-refractivity contribution in [1.29, 1.82) is 0 Å². The van der Waals surface area contributed by atoms with Crippen molar-refractivity contribution in [2.75, 3.05) is 5.32 Å². The number of nitrogens with zero attached hydrogens (tertiary/aromatic N) is 1. The number of halogens is 2. The van der Waals surface area contributed by atoms with Gasteiger partial charge >= 0.3 is 0 Å². The SMILES string of the molecule is C[C@@H](N)C(=O)Nc1cc(Br)cnc1Cl. The summed E-state index contributed by atoms with van der Waals surface area (Å²) in [6.45, 7) is 1.59. The third-order valence-corrected chi connectivity index (χ3v) is 2.21. The Morgan fingerprint density at radius 3 is 3.00 bits per heavy atom. The molecule has 0 spiro atoms. The molecule has 4 nitrogen and oxygen atoms in total. The number of carbonyl (C=O) groups is 1. The van der Waals surface area contributed by atoms with Crippen LogP contribution in [0.25, 0.3) is 0 Å². The Labute approximate surface area is 95.0 Å². The van der Waals surface area contributed by atoms with E-state index in [2.05, 4.69) is 26.2 Å². The number of hydrogen-bond acceptors (Lipinski definition) is 3. The third kappa shape index (κ3) is 2.94. The monoisotopic (exact) mass is 277 g/mol. The smallest absolute Gasteiger partial charge is 0.241 e. The third-order valence-electron chi connectivity index (χ3n) is 1.48. The fourth-order valence-corrected chi connectivity index (χ4v) is 1.24. The zero-order chi connectivity index (χ0) is 10.7. The molecule has 0 bridgehead atoms. The molecule has 0 saturated carbocycles. The van der Waals surface area contributed by atoms with Gasteiger partial charge in [0.1, 0.15) is 0 Å². The van der Waals surface area contributed by atoms with Gasteiger partial charge in [0.2, 0.25) is 5.91 Å². The van der Waals surface area contributed by atoms with Gasteiger partial charge in [-0.3, -0.25) is 4.79 Å². The highest BCUT2D eigenvalue weighted by Gasteiger charge is 2.10. The van der Waals surface area contributed by atoms with E-state index in [1.807, 2.05) is 0 Å². The van der Waals surface area contributed by atoms with Gasteiger partial charge in [-0.2, -0.15) is 0 Å². The van der Waals surface area contributed by atoms with Crippen LogP contribution in [0.4, 0.5) is 5.69 Å². The van der Waals surface area contributed by atoms with E-state index >= 15 is 0 Å². The molecule has 14 heavy (non-hydrogen) atoms. The van der Waals surface area contributed by atoms with Crippen LogP contribution in [0.3, 0.4) is 0 Å². The summed E-state index contributed by atoms with van der Waals surface area (Å²) in [7, 11) is 0. The van der Waals surface area contributed by atoms with Gasteiger partial charge in [-0.05, 0) is 28.9 Å². The normalized spacial score (nSPS) is 12.3. The molecule has 1 rings (SSSR count). The number of nitrogens with two attached hydrogens (primary N) is 1. The zero-order valence-electron chi connectivity index (χ0n) is 7.42. The fourth-order valence-electron chi connectivity index (χ4n) is 0.757. The minimum atomic E-state index is -0.579. The molecular formula is C8H9BrClN3O. The summed E-state index contributed by atoms with van der Waals surface area (Å²) in [5.41, 5.74) is 5.83. The maximum Gasteiger partial charge on any atom is 0.241 e. The lowest BCUT2D eigenvalue weighted by Crippen LogP contribution is -2.32. The number of nitrogens with one attached hydrogen (secondary N) is 1. The lowest BCUT2D eigenvalue weighted by atomic mass is 10.3. The minimum Gasteiger partial charge on any atom is -0.322 e. The van der Waals surface area contributed by atoms with Gasteiger partial charge in [-0.1, -0.05) is 11.6 Å². The van der Waals surface area contributed by atoms with Crippen LogP contribution in [0.15, 0.2) is 16.7 Å². The molecule has 0 radical (unpaired) electrons. The Morgan fingerprint density at radius 1 is 1.79 bits per heavy atom. The molecule has 0 saturated heterocycles. The number of rotatable bonds is 2. The molecule has 0 aromatic carbocycles. The summed E-state index contributed by atoms with van der Waals surface area (Å²) in [4.78, 5) is 15.1. The van der Waals surface area contributed by atoms with E-state index in [0.717, 1.165) is 4.47 Å². The van der Waals surface area contributed by atoms with Gasteiger partial charge in [0.05, 0.1) is 11.7 Å². The maximum absolute atomic E-state index is 11.2. The molecule has 1 heterocycles. The van der Waals surface area contributed by atoms with Crippen LogP contribution in [0.2, 0.25) is 5.15 Å². The van der Waals surface area contributed by atoms with E-state index in [0.29, 0.717) is 5.69 Å². The Balaban J connectivity index is 2.86. The minimum absolute atomic E-state index is 0.238. The molecular weight excluding hydrogens is 269 g/mol. The van der Waals surface area contributed by atoms with Gasteiger partial charge in [-0.15, -0.1) is 0 Å². The number of hydrogen-bond donors (Lipinski definition) is 2. The Kier molecular flexibility index (Phi) is 3.86. The Morgan fingerprint density at radius 2 is 2.43 bits per heavy atom. The average molecular weight is 279 g/mol. The lowest BCUT2D eigenvalue weighted by molar-refractivity contribution is -0.117. The van der Waals surface area contributed by atoms with Crippen molar-refractivity contribution in [3.05, 3.63) is 21.9 Å². The van der Waals surface area contributed by atoms with E-state index in [1.54, 1.807) is 19.2 Å². The summed E-state index contributed by atoms with van der Waals surface area (Å²) in [6.07, 6.45) is 1.55. The van der Waals surface area contributed by atoms with Crippen LogP contribution in [0.1, 0.15) is 6.92 Å². The Bertz CT molecular complexity index is 356. The predicted octanol–water partition coefficient (Wildman–Crippen LogP) is 1.78. The zero-order valence-corrected chi connectivity index (χ0v) is 9.76. The molecule has 1 atom stereocenters. The number of amides is 1. The van der Waals surface area contributed by atoms with Gasteiger partial charge < -0.3 is 11.1 Å². The van der Waals surface area contributed by atoms with Crippen LogP contribution in [-0.2, 0) is 4.79 Å². The second-order valence-electron chi connectivity index (χ2n) is 2.77. The average Bonchev–Trinajstić information content (AvgIpc) is 2.11. The first-order valence-electron chi connectivity index (χ1n) is 3.88. The topological polar surface area (TPSA) is 68.0 Å². The standard InChI is InChI=1S/C8H9BrClN3O/c1-4(11)8(14)13-6-2-5(9)3-12-7(6)10/h2-4H,11H2,1H3,(H,13,14)/t4-/m1/s1. The van der Waals surface area contributed by atoms with Crippen molar-refractivity contribution in [2.24, 2.45) is 5.73 Å². The highest BCUT2D eigenvalue weighted by atomic mass is 79.9. The van der Waals surface area contributed by atoms with Crippen LogP contribution in [0, 0.1) is 0 Å². The van der Waals surface area contributed by atoms with E-state index in [1.165, 1.54) is 0 Å². The summed E-state index contributed by atoms with van der Waals surface area (Å²) < 4.78 is 0.738. The highest BCUT2D eigenvalue weighted by Crippen LogP contribution is 2.22. The van der Waals surface area contributed by atoms with E-state index in [-0.39, 0.29) is 11.1 Å². The molecule has 0 unspecified atom stereocenters. The van der Waals surface area contributed by atoms with Crippen LogP contribution in [0.5, 0.6) is 0 Å². The molecule has 76 valence electrons. The van der Waals surface area contributed by atoms with Crippen LogP contribution < -0.4 is 11.1 Å². The summed E-state index contributed by atoms with van der Waals surface area (Å²) >= 11 is 8.98. The second kappa shape index (κ2) is 4.72. The van der Waals surface area contributed by atoms with E-state index in [9.17, 15) is 4.79 Å². The summed E-state index contributed by atoms with van der Waals surface area (Å²) in [6, 6.07) is 1.08. The van der Waals surface area contributed by atoms with Crippen molar-refractivity contribution in [2.45, 2.75) is 13.0 Å². The largest absolute Gasteiger partial charge is 0.322 e. The quantitative estimate of drug-likeness (QED) is 0.810. The van der Waals surface area contributed by atoms with E-state index in [4.69, 9.17) is 17.3 Å². The molecule has 3 N–H and O–H groups in total. The molecule has 0 aliphatic rings. The lowest BCUT2D eigenvalue weighted by Gasteiger charge is -2.08. The van der Waals surface area contributed by atoms with Gasteiger partial charge in [0.25, 0.3) is 0 Å². The molecule has 1 aromatic heterocycles. The number of carbonyl (C=O) groups excluding carboxylic acids is 1. The van der Waals surface area contributed by atoms with Crippen molar-refractivity contribution in [1.82, 2.24) is 4.98 Å². The number of pyridine rings is 1. The van der Waals surface area contributed by atoms with Crippen LogP contribution >= 0.6 is 27.5 Å². The first kappa shape index (κ1) is 11.4. The van der Waals surface area contributed by atoms with Crippen molar-refractivity contribution in [3.8, 4) is 0 Å². The maximum atomic E-state index is 11.2. The molecule has 0 aliphatic carbocycles. The fraction of sp³-hybridized carbons (Fsp3) is 0.250. The van der Waals surface area contributed by atoms with Crippen molar-refractivity contribution < 1.29 is 4.79 Å². The molecule has 1 aromatic rings. The molecule has 0 aliphatic heterocycles. The van der Waals surface area contributed by atoms with Gasteiger partial charge in [0, 0.05) is 10.7 Å². The number of aromatic nitrogens is 1. The molecule has 0 fully saturated rings. The van der Waals surface area contributed by atoms with Gasteiger partial charge in [-0.25, -0.2) is 4.98 Å². The summed E-state index contributed by atoms with van der Waals surface area (Å²) in [5.74, 6) is -0.299. The molecule has 6 heteroatoms. The van der Waals surface area contributed by atoms with Gasteiger partial charge in [0.15, 0.2) is 5.15 Å². The first-order chi connectivity index (χ1) is 6.50. The Hall–Kier alpha value is -0.650.